The first kappa shape index (κ1) is 14.1. The van der Waals surface area contributed by atoms with Gasteiger partial charge in [0.1, 0.15) is 5.69 Å². The predicted molar refractivity (Wildman–Crippen MR) is 70.1 cm³/mol. The van der Waals surface area contributed by atoms with Crippen molar-refractivity contribution in [3.05, 3.63) is 23.5 Å². The van der Waals surface area contributed by atoms with Crippen molar-refractivity contribution in [1.29, 1.82) is 0 Å². The summed E-state index contributed by atoms with van der Waals surface area (Å²) < 4.78 is 6.80. The summed E-state index contributed by atoms with van der Waals surface area (Å²) in [5.41, 5.74) is 1.28. The molecule has 20 heavy (non-hydrogen) atoms. The van der Waals surface area contributed by atoms with E-state index >= 15 is 0 Å². The topological polar surface area (TPSA) is 80.6 Å². The third-order valence-electron chi connectivity index (χ3n) is 3.34. The van der Waals surface area contributed by atoms with Crippen LogP contribution in [0.5, 0.6) is 0 Å². The summed E-state index contributed by atoms with van der Waals surface area (Å²) in [6, 6.07) is 2.97. The summed E-state index contributed by atoms with van der Waals surface area (Å²) >= 11 is 0. The molecule has 1 aromatic rings. The maximum absolute atomic E-state index is 12.0. The van der Waals surface area contributed by atoms with Crippen molar-refractivity contribution in [3.8, 4) is 0 Å². The quantitative estimate of drug-likeness (QED) is 0.814. The summed E-state index contributed by atoms with van der Waals surface area (Å²) in [5.74, 6) is -1.10. The van der Waals surface area contributed by atoms with Crippen LogP contribution in [0, 0.1) is 6.92 Å². The van der Waals surface area contributed by atoms with E-state index in [4.69, 9.17) is 4.74 Å². The SMILES string of the molecule is Cc1ccc(C(=O)O[C@@H](C)C(=O)N2CCNC2=O)n1C. The zero-order valence-electron chi connectivity index (χ0n) is 11.7. The van der Waals surface area contributed by atoms with Gasteiger partial charge in [0.2, 0.25) is 0 Å². The summed E-state index contributed by atoms with van der Waals surface area (Å²) in [6.07, 6.45) is -0.999. The molecule has 1 fully saturated rings. The van der Waals surface area contributed by atoms with Gasteiger partial charge in [0, 0.05) is 25.8 Å². The van der Waals surface area contributed by atoms with Gasteiger partial charge in [-0.2, -0.15) is 0 Å². The Bertz CT molecular complexity index is 564. The van der Waals surface area contributed by atoms with Crippen molar-refractivity contribution in [2.24, 2.45) is 7.05 Å². The number of urea groups is 1. The van der Waals surface area contributed by atoms with E-state index in [2.05, 4.69) is 5.32 Å². The Morgan fingerprint density at radius 2 is 2.10 bits per heavy atom. The lowest BCUT2D eigenvalue weighted by Gasteiger charge is -2.18. The highest BCUT2D eigenvalue weighted by Gasteiger charge is 2.32. The Balaban J connectivity index is 2.02. The number of aromatic nitrogens is 1. The van der Waals surface area contributed by atoms with Crippen LogP contribution < -0.4 is 5.32 Å². The molecule has 3 amide bonds. The van der Waals surface area contributed by atoms with Gasteiger partial charge < -0.3 is 14.6 Å². The van der Waals surface area contributed by atoms with Crippen molar-refractivity contribution in [1.82, 2.24) is 14.8 Å². The van der Waals surface area contributed by atoms with Crippen LogP contribution in [0.3, 0.4) is 0 Å². The minimum atomic E-state index is -0.999. The Kier molecular flexibility index (Phi) is 3.78. The van der Waals surface area contributed by atoms with Crippen LogP contribution in [0.15, 0.2) is 12.1 Å². The van der Waals surface area contributed by atoms with Crippen molar-refractivity contribution in [2.45, 2.75) is 20.0 Å². The molecule has 0 bridgehead atoms. The van der Waals surface area contributed by atoms with E-state index < -0.39 is 24.0 Å². The largest absolute Gasteiger partial charge is 0.448 e. The summed E-state index contributed by atoms with van der Waals surface area (Å²) in [6.45, 7) is 4.03. The normalized spacial score (nSPS) is 15.9. The van der Waals surface area contributed by atoms with E-state index in [1.807, 2.05) is 6.92 Å². The second kappa shape index (κ2) is 5.36. The molecule has 1 N–H and O–H groups in total. The van der Waals surface area contributed by atoms with Crippen LogP contribution in [0.25, 0.3) is 0 Å². The molecule has 1 aliphatic rings. The molecule has 2 heterocycles. The second-order valence-corrected chi connectivity index (χ2v) is 4.69. The van der Waals surface area contributed by atoms with Gasteiger partial charge in [-0.3, -0.25) is 9.69 Å². The number of amides is 3. The lowest BCUT2D eigenvalue weighted by molar-refractivity contribution is -0.136. The maximum atomic E-state index is 12.0. The summed E-state index contributed by atoms with van der Waals surface area (Å²) in [7, 11) is 1.74. The number of carbonyl (C=O) groups is 3. The van der Waals surface area contributed by atoms with Crippen molar-refractivity contribution in [2.75, 3.05) is 13.1 Å². The molecule has 7 heteroatoms. The van der Waals surface area contributed by atoms with Crippen molar-refractivity contribution < 1.29 is 19.1 Å². The third-order valence-corrected chi connectivity index (χ3v) is 3.34. The van der Waals surface area contributed by atoms with Crippen LogP contribution in [-0.4, -0.2) is 46.6 Å². The van der Waals surface area contributed by atoms with Crippen LogP contribution in [-0.2, 0) is 16.6 Å². The first-order valence-corrected chi connectivity index (χ1v) is 6.34. The molecule has 0 unspecified atom stereocenters. The lowest BCUT2D eigenvalue weighted by Crippen LogP contribution is -2.41. The number of rotatable bonds is 3. The average Bonchev–Trinajstić information content (AvgIpc) is 2.96. The average molecular weight is 279 g/mol. The number of hydrogen-bond donors (Lipinski definition) is 1. The molecule has 1 saturated heterocycles. The number of aryl methyl sites for hydroxylation is 1. The van der Waals surface area contributed by atoms with Crippen molar-refractivity contribution in [3.63, 3.8) is 0 Å². The first-order chi connectivity index (χ1) is 9.41. The fourth-order valence-electron chi connectivity index (χ4n) is 1.99. The predicted octanol–water partition coefficient (Wildman–Crippen LogP) is 0.431. The first-order valence-electron chi connectivity index (χ1n) is 6.34. The number of nitrogens with zero attached hydrogens (tertiary/aromatic N) is 2. The molecule has 0 aromatic carbocycles. The van der Waals surface area contributed by atoms with E-state index in [0.717, 1.165) is 10.6 Å². The van der Waals surface area contributed by atoms with Gasteiger partial charge in [-0.05, 0) is 26.0 Å². The van der Waals surface area contributed by atoms with Crippen molar-refractivity contribution >= 4 is 17.9 Å². The number of carbonyl (C=O) groups excluding carboxylic acids is 3. The van der Waals surface area contributed by atoms with Crippen LogP contribution in [0.2, 0.25) is 0 Å². The highest BCUT2D eigenvalue weighted by Crippen LogP contribution is 2.10. The molecular weight excluding hydrogens is 262 g/mol. The monoisotopic (exact) mass is 279 g/mol. The molecule has 0 saturated carbocycles. The van der Waals surface area contributed by atoms with E-state index in [0.29, 0.717) is 18.8 Å². The molecule has 1 aromatic heterocycles. The smallest absolute Gasteiger partial charge is 0.355 e. The molecule has 1 atom stereocenters. The number of imide groups is 1. The van der Waals surface area contributed by atoms with Crippen LogP contribution in [0.1, 0.15) is 23.1 Å². The molecule has 108 valence electrons. The number of esters is 1. The number of ether oxygens (including phenoxy) is 1. The molecule has 0 spiro atoms. The van der Waals surface area contributed by atoms with Gasteiger partial charge in [-0.1, -0.05) is 0 Å². The van der Waals surface area contributed by atoms with Gasteiger partial charge in [0.05, 0.1) is 0 Å². The van der Waals surface area contributed by atoms with Gasteiger partial charge in [-0.25, -0.2) is 9.59 Å². The Morgan fingerprint density at radius 3 is 2.60 bits per heavy atom. The minimum Gasteiger partial charge on any atom is -0.448 e. The molecule has 0 radical (unpaired) electrons. The van der Waals surface area contributed by atoms with Gasteiger partial charge in [0.15, 0.2) is 6.10 Å². The van der Waals surface area contributed by atoms with Gasteiger partial charge >= 0.3 is 12.0 Å². The zero-order chi connectivity index (χ0) is 14.9. The van der Waals surface area contributed by atoms with Gasteiger partial charge in [0.25, 0.3) is 5.91 Å². The zero-order valence-corrected chi connectivity index (χ0v) is 11.7. The standard InChI is InChI=1S/C13H17N3O4/c1-8-4-5-10(15(8)3)12(18)20-9(2)11(17)16-7-6-14-13(16)19/h4-5,9H,6-7H2,1-3H3,(H,14,19)/t9-/m0/s1. The fraction of sp³-hybridized carbons (Fsp3) is 0.462. The Morgan fingerprint density at radius 1 is 1.40 bits per heavy atom. The van der Waals surface area contributed by atoms with Gasteiger partial charge in [-0.15, -0.1) is 0 Å². The highest BCUT2D eigenvalue weighted by molar-refractivity contribution is 5.99. The van der Waals surface area contributed by atoms with E-state index in [1.54, 1.807) is 23.7 Å². The Labute approximate surface area is 116 Å². The molecule has 7 nitrogen and oxygen atoms in total. The summed E-state index contributed by atoms with van der Waals surface area (Å²) in [5, 5.41) is 2.52. The maximum Gasteiger partial charge on any atom is 0.355 e. The second-order valence-electron chi connectivity index (χ2n) is 4.69. The molecule has 0 aliphatic carbocycles. The number of nitrogens with one attached hydrogen (secondary N) is 1. The fourth-order valence-corrected chi connectivity index (χ4v) is 1.99. The molecule has 1 aliphatic heterocycles. The minimum absolute atomic E-state index is 0.294. The molecule has 2 rings (SSSR count). The Hall–Kier alpha value is -2.31. The third kappa shape index (κ3) is 2.52. The van der Waals surface area contributed by atoms with E-state index in [1.165, 1.54) is 6.92 Å². The van der Waals surface area contributed by atoms with E-state index in [-0.39, 0.29) is 0 Å². The van der Waals surface area contributed by atoms with Crippen LogP contribution in [0.4, 0.5) is 4.79 Å². The molecular formula is C13H17N3O4. The van der Waals surface area contributed by atoms with E-state index in [9.17, 15) is 14.4 Å². The van der Waals surface area contributed by atoms with Crippen LogP contribution >= 0.6 is 0 Å². The number of hydrogen-bond acceptors (Lipinski definition) is 4. The highest BCUT2D eigenvalue weighted by atomic mass is 16.5. The summed E-state index contributed by atoms with van der Waals surface area (Å²) in [4.78, 5) is 36.4. The lowest BCUT2D eigenvalue weighted by atomic mass is 10.3.